The largest absolute Gasteiger partial charge is 0.449 e. The number of rotatable bonds is 4. The van der Waals surface area contributed by atoms with Crippen LogP contribution in [0.3, 0.4) is 0 Å². The summed E-state index contributed by atoms with van der Waals surface area (Å²) in [6, 6.07) is 3.60. The number of nitrogens with zero attached hydrogens (tertiary/aromatic N) is 2. The summed E-state index contributed by atoms with van der Waals surface area (Å²) in [4.78, 5) is 24.3. The molecule has 24 heavy (non-hydrogen) atoms. The molecule has 2 aromatic rings. The van der Waals surface area contributed by atoms with E-state index in [-0.39, 0.29) is 10.0 Å². The van der Waals surface area contributed by atoms with Crippen LogP contribution in [0.5, 0.6) is 0 Å². The number of nitrogens with one attached hydrogen (secondary N) is 1. The number of anilines is 1. The fraction of sp³-hybridized carbons (Fsp3) is 0.312. The maximum absolute atomic E-state index is 13.1. The van der Waals surface area contributed by atoms with Crippen molar-refractivity contribution in [2.75, 3.05) is 5.32 Å². The molecule has 0 bridgehead atoms. The van der Waals surface area contributed by atoms with Gasteiger partial charge in [0.05, 0.1) is 22.6 Å². The number of amides is 1. The van der Waals surface area contributed by atoms with Crippen LogP contribution in [-0.2, 0) is 16.6 Å². The molecule has 8 heteroatoms. The maximum Gasteiger partial charge on any atom is 0.340 e. The van der Waals surface area contributed by atoms with Crippen LogP contribution < -0.4 is 5.32 Å². The summed E-state index contributed by atoms with van der Waals surface area (Å²) >= 11 is 3.10. The molecule has 1 N–H and O–H groups in total. The van der Waals surface area contributed by atoms with Crippen molar-refractivity contribution in [1.29, 1.82) is 0 Å². The minimum absolute atomic E-state index is 0.143. The summed E-state index contributed by atoms with van der Waals surface area (Å²) in [6.45, 7) is 5.06. The first-order chi connectivity index (χ1) is 11.2. The maximum atomic E-state index is 13.1. The van der Waals surface area contributed by atoms with Crippen LogP contribution >= 0.6 is 15.9 Å². The molecule has 0 aliphatic carbocycles. The van der Waals surface area contributed by atoms with Crippen molar-refractivity contribution in [3.8, 4) is 0 Å². The number of aryl methyl sites for hydroxylation is 2. The Morgan fingerprint density at radius 1 is 1.38 bits per heavy atom. The molecule has 1 amide bonds. The highest BCUT2D eigenvalue weighted by atomic mass is 79.9. The number of hydrogen-bond donors (Lipinski definition) is 1. The Morgan fingerprint density at radius 3 is 2.58 bits per heavy atom. The molecule has 128 valence electrons. The van der Waals surface area contributed by atoms with E-state index in [1.807, 2.05) is 6.92 Å². The number of ether oxygens (including phenoxy) is 1. The molecule has 0 aliphatic heterocycles. The molecule has 1 heterocycles. The SMILES string of the molecule is Cc1nn(C)c(C)c1NC(=O)[C@H](C)OC(=O)c1ccc(F)cc1Br. The summed E-state index contributed by atoms with van der Waals surface area (Å²) in [5.41, 5.74) is 2.20. The van der Waals surface area contributed by atoms with Gasteiger partial charge in [0.1, 0.15) is 5.82 Å². The van der Waals surface area contributed by atoms with Gasteiger partial charge in [0.15, 0.2) is 6.10 Å². The monoisotopic (exact) mass is 397 g/mol. The molecule has 1 atom stereocenters. The van der Waals surface area contributed by atoms with Gasteiger partial charge in [-0.1, -0.05) is 0 Å². The molecule has 0 radical (unpaired) electrons. The van der Waals surface area contributed by atoms with Gasteiger partial charge in [0, 0.05) is 11.5 Å². The Kier molecular flexibility index (Phi) is 5.38. The van der Waals surface area contributed by atoms with Crippen LogP contribution in [0.1, 0.15) is 28.7 Å². The van der Waals surface area contributed by atoms with Crippen LogP contribution in [0.2, 0.25) is 0 Å². The standard InChI is InChI=1S/C16H17BrFN3O3/c1-8-14(9(2)21(4)20-8)19-15(22)10(3)24-16(23)12-6-5-11(18)7-13(12)17/h5-7,10H,1-4H3,(H,19,22)/t10-/m0/s1. The predicted molar refractivity (Wildman–Crippen MR) is 90.3 cm³/mol. The molecule has 0 unspecified atom stereocenters. The van der Waals surface area contributed by atoms with E-state index in [0.717, 1.165) is 17.8 Å². The molecule has 1 aromatic heterocycles. The van der Waals surface area contributed by atoms with Crippen molar-refractivity contribution < 1.29 is 18.7 Å². The van der Waals surface area contributed by atoms with E-state index in [0.29, 0.717) is 11.4 Å². The van der Waals surface area contributed by atoms with Gasteiger partial charge in [-0.3, -0.25) is 9.48 Å². The van der Waals surface area contributed by atoms with Crippen molar-refractivity contribution in [1.82, 2.24) is 9.78 Å². The summed E-state index contributed by atoms with van der Waals surface area (Å²) in [6.07, 6.45) is -1.02. The van der Waals surface area contributed by atoms with Gasteiger partial charge in [-0.2, -0.15) is 5.10 Å². The summed E-state index contributed by atoms with van der Waals surface area (Å²) < 4.78 is 20.1. The number of carbonyl (C=O) groups is 2. The topological polar surface area (TPSA) is 73.2 Å². The summed E-state index contributed by atoms with van der Waals surface area (Å²) in [7, 11) is 1.77. The highest BCUT2D eigenvalue weighted by molar-refractivity contribution is 9.10. The van der Waals surface area contributed by atoms with E-state index in [1.165, 1.54) is 13.0 Å². The number of aromatic nitrogens is 2. The van der Waals surface area contributed by atoms with Crippen LogP contribution in [0.25, 0.3) is 0 Å². The fourth-order valence-corrected chi connectivity index (χ4v) is 2.62. The minimum atomic E-state index is -1.02. The number of esters is 1. The van der Waals surface area contributed by atoms with Gasteiger partial charge in [-0.15, -0.1) is 0 Å². The van der Waals surface area contributed by atoms with Crippen molar-refractivity contribution in [2.24, 2.45) is 7.05 Å². The fourth-order valence-electron chi connectivity index (χ4n) is 2.11. The van der Waals surface area contributed by atoms with Crippen molar-refractivity contribution >= 4 is 33.5 Å². The Morgan fingerprint density at radius 2 is 2.04 bits per heavy atom. The van der Waals surface area contributed by atoms with E-state index < -0.39 is 23.8 Å². The Labute approximate surface area is 147 Å². The third-order valence-electron chi connectivity index (χ3n) is 3.56. The molecule has 0 saturated carbocycles. The third-order valence-corrected chi connectivity index (χ3v) is 4.22. The van der Waals surface area contributed by atoms with E-state index in [1.54, 1.807) is 18.7 Å². The zero-order valence-corrected chi connectivity index (χ0v) is 15.3. The van der Waals surface area contributed by atoms with Gasteiger partial charge in [-0.05, 0) is 54.9 Å². The van der Waals surface area contributed by atoms with Crippen molar-refractivity contribution in [2.45, 2.75) is 26.9 Å². The molecular formula is C16H17BrFN3O3. The highest BCUT2D eigenvalue weighted by Gasteiger charge is 2.22. The average Bonchev–Trinajstić information content (AvgIpc) is 2.73. The predicted octanol–water partition coefficient (Wildman–Crippen LogP) is 3.12. The lowest BCUT2D eigenvalue weighted by Crippen LogP contribution is -2.30. The lowest BCUT2D eigenvalue weighted by Gasteiger charge is -2.14. The Bertz CT molecular complexity index is 804. The van der Waals surface area contributed by atoms with E-state index >= 15 is 0 Å². The van der Waals surface area contributed by atoms with Crippen LogP contribution in [0.4, 0.5) is 10.1 Å². The lowest BCUT2D eigenvalue weighted by atomic mass is 10.2. The van der Waals surface area contributed by atoms with Crippen LogP contribution in [0.15, 0.2) is 22.7 Å². The minimum Gasteiger partial charge on any atom is -0.449 e. The Hall–Kier alpha value is -2.22. The summed E-state index contributed by atoms with van der Waals surface area (Å²) in [5, 5.41) is 6.91. The second-order valence-corrected chi connectivity index (χ2v) is 6.18. The first-order valence-electron chi connectivity index (χ1n) is 7.17. The van der Waals surface area contributed by atoms with Gasteiger partial charge in [0.25, 0.3) is 5.91 Å². The summed E-state index contributed by atoms with van der Waals surface area (Å²) in [5.74, 6) is -1.67. The van der Waals surface area contributed by atoms with E-state index in [4.69, 9.17) is 4.74 Å². The van der Waals surface area contributed by atoms with Gasteiger partial charge < -0.3 is 10.1 Å². The van der Waals surface area contributed by atoms with E-state index in [2.05, 4.69) is 26.3 Å². The zero-order valence-electron chi connectivity index (χ0n) is 13.7. The molecule has 0 spiro atoms. The number of benzene rings is 1. The van der Waals surface area contributed by atoms with Crippen molar-refractivity contribution in [3.63, 3.8) is 0 Å². The quantitative estimate of drug-likeness (QED) is 0.804. The highest BCUT2D eigenvalue weighted by Crippen LogP contribution is 2.21. The molecular weight excluding hydrogens is 381 g/mol. The van der Waals surface area contributed by atoms with Gasteiger partial charge in [0.2, 0.25) is 0 Å². The van der Waals surface area contributed by atoms with Crippen molar-refractivity contribution in [3.05, 3.63) is 45.4 Å². The van der Waals surface area contributed by atoms with Crippen LogP contribution in [-0.4, -0.2) is 27.8 Å². The van der Waals surface area contributed by atoms with Gasteiger partial charge >= 0.3 is 5.97 Å². The number of hydrogen-bond acceptors (Lipinski definition) is 4. The second kappa shape index (κ2) is 7.12. The number of halogens is 2. The molecule has 0 saturated heterocycles. The first kappa shape index (κ1) is 18.1. The number of carbonyl (C=O) groups excluding carboxylic acids is 2. The molecule has 2 rings (SSSR count). The molecule has 0 fully saturated rings. The lowest BCUT2D eigenvalue weighted by molar-refractivity contribution is -0.123. The second-order valence-electron chi connectivity index (χ2n) is 5.33. The molecule has 0 aliphatic rings. The zero-order chi connectivity index (χ0) is 18.0. The van der Waals surface area contributed by atoms with Crippen LogP contribution in [0, 0.1) is 19.7 Å². The normalized spacial score (nSPS) is 11.9. The first-order valence-corrected chi connectivity index (χ1v) is 7.97. The smallest absolute Gasteiger partial charge is 0.340 e. The Balaban J connectivity index is 2.07. The van der Waals surface area contributed by atoms with E-state index in [9.17, 15) is 14.0 Å². The third kappa shape index (κ3) is 3.81. The average molecular weight is 398 g/mol. The van der Waals surface area contributed by atoms with Gasteiger partial charge in [-0.25, -0.2) is 9.18 Å². The molecule has 6 nitrogen and oxygen atoms in total. The molecule has 1 aromatic carbocycles.